The van der Waals surface area contributed by atoms with Gasteiger partial charge in [-0.05, 0) is 44.0 Å². The molecule has 1 aliphatic rings. The summed E-state index contributed by atoms with van der Waals surface area (Å²) in [4.78, 5) is 24.5. The molecule has 1 aliphatic heterocycles. The van der Waals surface area contributed by atoms with Gasteiger partial charge in [-0.1, -0.05) is 19.1 Å². The van der Waals surface area contributed by atoms with Crippen LogP contribution in [0.4, 0.5) is 0 Å². The van der Waals surface area contributed by atoms with Gasteiger partial charge < -0.3 is 23.7 Å². The lowest BCUT2D eigenvalue weighted by molar-refractivity contribution is -0.155. The number of hydrogen-bond donors (Lipinski definition) is 0. The summed E-state index contributed by atoms with van der Waals surface area (Å²) < 4.78 is 27.7. The smallest absolute Gasteiger partial charge is 0.338 e. The van der Waals surface area contributed by atoms with E-state index in [1.54, 1.807) is 39.2 Å². The molecule has 2 aromatic rings. The van der Waals surface area contributed by atoms with E-state index in [1.807, 2.05) is 19.1 Å². The van der Waals surface area contributed by atoms with Crippen molar-refractivity contribution in [2.45, 2.75) is 33.8 Å². The molecular formula is C24H28O7. The molecule has 0 atom stereocenters. The van der Waals surface area contributed by atoms with E-state index in [0.29, 0.717) is 35.0 Å². The lowest BCUT2D eigenvalue weighted by Crippen LogP contribution is -2.33. The number of rotatable bonds is 9. The molecule has 7 heteroatoms. The summed E-state index contributed by atoms with van der Waals surface area (Å²) in [5.74, 6) is 0.635. The van der Waals surface area contributed by atoms with Crippen LogP contribution in [0.1, 0.15) is 43.1 Å². The van der Waals surface area contributed by atoms with E-state index in [-0.39, 0.29) is 25.2 Å². The van der Waals surface area contributed by atoms with Crippen LogP contribution in [0.25, 0.3) is 11.1 Å². The second-order valence-corrected chi connectivity index (χ2v) is 7.89. The van der Waals surface area contributed by atoms with Gasteiger partial charge in [-0.15, -0.1) is 0 Å². The summed E-state index contributed by atoms with van der Waals surface area (Å²) in [6, 6.07) is 9.06. The molecule has 0 aliphatic carbocycles. The summed E-state index contributed by atoms with van der Waals surface area (Å²) in [7, 11) is 3.07. The van der Waals surface area contributed by atoms with E-state index < -0.39 is 5.41 Å². The maximum atomic E-state index is 12.5. The molecule has 0 fully saturated rings. The monoisotopic (exact) mass is 428 g/mol. The van der Waals surface area contributed by atoms with Crippen LogP contribution in [0, 0.1) is 5.41 Å². The number of ether oxygens (including phenoxy) is 5. The average Bonchev–Trinajstić information content (AvgIpc) is 3.16. The van der Waals surface area contributed by atoms with Crippen molar-refractivity contribution in [2.24, 2.45) is 5.41 Å². The Kier molecular flexibility index (Phi) is 6.73. The third kappa shape index (κ3) is 4.45. The van der Waals surface area contributed by atoms with Gasteiger partial charge in [0, 0.05) is 11.1 Å². The largest absolute Gasteiger partial charge is 0.493 e. The van der Waals surface area contributed by atoms with E-state index in [2.05, 4.69) is 0 Å². The molecule has 0 radical (unpaired) electrons. The predicted octanol–water partition coefficient (Wildman–Crippen LogP) is 4.40. The molecule has 31 heavy (non-hydrogen) atoms. The quantitative estimate of drug-likeness (QED) is 0.548. The zero-order valence-electron chi connectivity index (χ0n) is 18.6. The fourth-order valence-electron chi connectivity index (χ4n) is 3.36. The second-order valence-electron chi connectivity index (χ2n) is 7.89. The van der Waals surface area contributed by atoms with Crippen molar-refractivity contribution in [1.29, 1.82) is 0 Å². The maximum absolute atomic E-state index is 12.5. The molecule has 2 aromatic carbocycles. The Morgan fingerprint density at radius 1 is 1.03 bits per heavy atom. The Morgan fingerprint density at radius 2 is 1.77 bits per heavy atom. The first-order valence-electron chi connectivity index (χ1n) is 10.2. The summed E-state index contributed by atoms with van der Waals surface area (Å²) in [6.07, 6.45) is 0.746. The van der Waals surface area contributed by atoms with Crippen LogP contribution >= 0.6 is 0 Å². The molecule has 0 saturated heterocycles. The normalized spacial score (nSPS) is 12.7. The minimum Gasteiger partial charge on any atom is -0.493 e. The van der Waals surface area contributed by atoms with Crippen molar-refractivity contribution >= 4 is 11.9 Å². The van der Waals surface area contributed by atoms with Crippen molar-refractivity contribution in [3.05, 3.63) is 41.5 Å². The van der Waals surface area contributed by atoms with Gasteiger partial charge in [0.15, 0.2) is 11.5 Å². The Morgan fingerprint density at radius 3 is 2.45 bits per heavy atom. The van der Waals surface area contributed by atoms with Crippen molar-refractivity contribution in [1.82, 2.24) is 0 Å². The molecule has 0 aromatic heterocycles. The molecule has 7 nitrogen and oxygen atoms in total. The van der Waals surface area contributed by atoms with Crippen molar-refractivity contribution < 1.29 is 33.3 Å². The lowest BCUT2D eigenvalue weighted by atomic mass is 9.94. The van der Waals surface area contributed by atoms with Crippen LogP contribution in [0.15, 0.2) is 30.3 Å². The van der Waals surface area contributed by atoms with Crippen LogP contribution in [0.5, 0.6) is 17.2 Å². The van der Waals surface area contributed by atoms with Crippen molar-refractivity contribution in [2.75, 3.05) is 27.4 Å². The van der Waals surface area contributed by atoms with Gasteiger partial charge in [0.2, 0.25) is 5.75 Å². The van der Waals surface area contributed by atoms with Gasteiger partial charge in [0.25, 0.3) is 0 Å². The summed E-state index contributed by atoms with van der Waals surface area (Å²) in [6.45, 7) is 6.09. The first-order valence-corrected chi connectivity index (χ1v) is 10.2. The van der Waals surface area contributed by atoms with Gasteiger partial charge in [-0.3, -0.25) is 4.79 Å². The van der Waals surface area contributed by atoms with Gasteiger partial charge in [-0.2, -0.15) is 0 Å². The number of carbonyl (C=O) groups is 2. The molecule has 0 N–H and O–H groups in total. The number of hydrogen-bond acceptors (Lipinski definition) is 7. The Labute approximate surface area is 182 Å². The summed E-state index contributed by atoms with van der Waals surface area (Å²) >= 11 is 0. The van der Waals surface area contributed by atoms with Gasteiger partial charge >= 0.3 is 11.9 Å². The van der Waals surface area contributed by atoms with E-state index in [1.165, 1.54) is 7.11 Å². The molecule has 1 heterocycles. The SMILES string of the molecule is CCCOC(=O)C(C)(C)COc1c(-c2cccc3c2COC3=O)ccc(OC)c1OC. The first-order chi connectivity index (χ1) is 14.8. The molecular weight excluding hydrogens is 400 g/mol. The lowest BCUT2D eigenvalue weighted by Gasteiger charge is -2.25. The number of esters is 2. The van der Waals surface area contributed by atoms with Crippen molar-refractivity contribution in [3.8, 4) is 28.4 Å². The fourth-order valence-corrected chi connectivity index (χ4v) is 3.36. The standard InChI is InChI=1S/C24H28O7/c1-6-12-29-23(26)24(2,3)14-31-20-16(10-11-19(27-4)21(20)28-5)15-8-7-9-17-18(15)13-30-22(17)25/h7-11H,6,12-14H2,1-5H3. The number of methoxy groups -OCH3 is 2. The van der Waals surface area contributed by atoms with E-state index in [4.69, 9.17) is 23.7 Å². The second kappa shape index (κ2) is 9.29. The molecule has 0 unspecified atom stereocenters. The number of benzene rings is 2. The topological polar surface area (TPSA) is 80.3 Å². The molecule has 0 saturated carbocycles. The number of fused-ring (bicyclic) bond motifs is 1. The Bertz CT molecular complexity index is 978. The molecule has 3 rings (SSSR count). The van der Waals surface area contributed by atoms with Gasteiger partial charge in [-0.25, -0.2) is 4.79 Å². The minimum absolute atomic E-state index is 0.0660. The molecule has 0 bridgehead atoms. The average molecular weight is 428 g/mol. The van der Waals surface area contributed by atoms with Crippen LogP contribution in [0.3, 0.4) is 0 Å². The van der Waals surface area contributed by atoms with Crippen LogP contribution in [-0.4, -0.2) is 39.4 Å². The number of cyclic esters (lactones) is 1. The highest BCUT2D eigenvalue weighted by Crippen LogP contribution is 2.46. The Balaban J connectivity index is 2.03. The van der Waals surface area contributed by atoms with E-state index in [9.17, 15) is 9.59 Å². The van der Waals surface area contributed by atoms with Gasteiger partial charge in [0.05, 0.1) is 31.8 Å². The summed E-state index contributed by atoms with van der Waals surface area (Å²) in [5.41, 5.74) is 1.95. The molecule has 0 spiro atoms. The Hall–Kier alpha value is -3.22. The van der Waals surface area contributed by atoms with E-state index >= 15 is 0 Å². The van der Waals surface area contributed by atoms with Crippen LogP contribution in [0.2, 0.25) is 0 Å². The third-order valence-corrected chi connectivity index (χ3v) is 5.10. The zero-order chi connectivity index (χ0) is 22.6. The molecule has 166 valence electrons. The predicted molar refractivity (Wildman–Crippen MR) is 115 cm³/mol. The summed E-state index contributed by atoms with van der Waals surface area (Å²) in [5, 5.41) is 0. The van der Waals surface area contributed by atoms with Crippen LogP contribution in [-0.2, 0) is 20.9 Å². The highest BCUT2D eigenvalue weighted by molar-refractivity contribution is 5.96. The highest BCUT2D eigenvalue weighted by atomic mass is 16.6. The van der Waals surface area contributed by atoms with Crippen LogP contribution < -0.4 is 14.2 Å². The minimum atomic E-state index is -0.877. The van der Waals surface area contributed by atoms with Gasteiger partial charge in [0.1, 0.15) is 13.2 Å². The zero-order valence-corrected chi connectivity index (χ0v) is 18.6. The first kappa shape index (κ1) is 22.5. The van der Waals surface area contributed by atoms with Crippen molar-refractivity contribution in [3.63, 3.8) is 0 Å². The fraction of sp³-hybridized carbons (Fsp3) is 0.417. The highest BCUT2D eigenvalue weighted by Gasteiger charge is 2.32. The van der Waals surface area contributed by atoms with E-state index in [0.717, 1.165) is 17.5 Å². The molecule has 0 amide bonds. The number of carbonyl (C=O) groups excluding carboxylic acids is 2. The third-order valence-electron chi connectivity index (χ3n) is 5.10. The maximum Gasteiger partial charge on any atom is 0.338 e.